The van der Waals surface area contributed by atoms with Crippen LogP contribution in [0.3, 0.4) is 0 Å². The van der Waals surface area contributed by atoms with Crippen molar-refractivity contribution in [3.8, 4) is 11.5 Å². The van der Waals surface area contributed by atoms with Crippen molar-refractivity contribution in [2.24, 2.45) is 0 Å². The van der Waals surface area contributed by atoms with Crippen LogP contribution in [-0.4, -0.2) is 27.9 Å². The third-order valence-corrected chi connectivity index (χ3v) is 6.00. The highest BCUT2D eigenvalue weighted by Gasteiger charge is 2.51. The maximum absolute atomic E-state index is 6.52. The molecule has 0 N–H and O–H groups in total. The van der Waals surface area contributed by atoms with Crippen molar-refractivity contribution in [3.05, 3.63) is 59.2 Å². The molecular formula is C22H26O4. The molecule has 1 saturated carbocycles. The van der Waals surface area contributed by atoms with E-state index in [1.54, 1.807) is 21.3 Å². The summed E-state index contributed by atoms with van der Waals surface area (Å²) in [6.45, 7) is 0.651. The Morgan fingerprint density at radius 1 is 0.846 bits per heavy atom. The highest BCUT2D eigenvalue weighted by molar-refractivity contribution is 5.55. The molecule has 1 spiro atoms. The van der Waals surface area contributed by atoms with Gasteiger partial charge in [-0.15, -0.1) is 0 Å². The van der Waals surface area contributed by atoms with Gasteiger partial charge in [0.25, 0.3) is 0 Å². The van der Waals surface area contributed by atoms with E-state index in [-0.39, 0.29) is 5.41 Å². The van der Waals surface area contributed by atoms with Crippen molar-refractivity contribution < 1.29 is 18.9 Å². The second-order valence-electron chi connectivity index (χ2n) is 7.22. The predicted molar refractivity (Wildman–Crippen MR) is 99.9 cm³/mol. The molecule has 4 heteroatoms. The molecule has 0 aromatic heterocycles. The van der Waals surface area contributed by atoms with Gasteiger partial charge in [-0.2, -0.15) is 0 Å². The molecule has 138 valence electrons. The molecule has 1 unspecified atom stereocenters. The average Bonchev–Trinajstić information content (AvgIpc) is 3.18. The van der Waals surface area contributed by atoms with Gasteiger partial charge in [0.1, 0.15) is 0 Å². The van der Waals surface area contributed by atoms with Crippen molar-refractivity contribution in [1.29, 1.82) is 0 Å². The van der Waals surface area contributed by atoms with Crippen LogP contribution in [0.1, 0.15) is 42.4 Å². The Kier molecular flexibility index (Phi) is 4.41. The third kappa shape index (κ3) is 2.43. The normalized spacial score (nSPS) is 23.7. The van der Waals surface area contributed by atoms with Gasteiger partial charge in [-0.25, -0.2) is 0 Å². The van der Waals surface area contributed by atoms with Crippen LogP contribution in [0.5, 0.6) is 11.5 Å². The molecule has 1 atom stereocenters. The predicted octanol–water partition coefficient (Wildman–Crippen LogP) is 4.39. The lowest BCUT2D eigenvalue weighted by atomic mass is 9.72. The summed E-state index contributed by atoms with van der Waals surface area (Å²) in [5, 5.41) is 0. The summed E-state index contributed by atoms with van der Waals surface area (Å²) in [6, 6.07) is 14.3. The molecule has 2 aliphatic rings. The van der Waals surface area contributed by atoms with E-state index in [1.807, 2.05) is 24.3 Å². The van der Waals surface area contributed by atoms with E-state index in [1.165, 1.54) is 18.4 Å². The maximum atomic E-state index is 6.52. The van der Waals surface area contributed by atoms with Gasteiger partial charge in [-0.1, -0.05) is 43.2 Å². The van der Waals surface area contributed by atoms with Gasteiger partial charge in [0.05, 0.1) is 20.8 Å². The smallest absolute Gasteiger partial charge is 0.222 e. The fourth-order valence-electron chi connectivity index (χ4n) is 4.63. The van der Waals surface area contributed by atoms with Crippen molar-refractivity contribution in [3.63, 3.8) is 0 Å². The van der Waals surface area contributed by atoms with E-state index in [0.717, 1.165) is 29.7 Å². The summed E-state index contributed by atoms with van der Waals surface area (Å²) in [4.78, 5) is 0. The zero-order chi connectivity index (χ0) is 18.2. The third-order valence-electron chi connectivity index (χ3n) is 6.00. The molecule has 26 heavy (non-hydrogen) atoms. The molecule has 0 radical (unpaired) electrons. The summed E-state index contributed by atoms with van der Waals surface area (Å²) in [7, 11) is 5.06. The number of rotatable bonds is 4. The Morgan fingerprint density at radius 3 is 2.04 bits per heavy atom. The lowest BCUT2D eigenvalue weighted by Crippen LogP contribution is -2.46. The SMILES string of the molecule is COc1cc2c(cc1OC)C(OC)(c1ccccc1)OCC21CCCC1. The maximum Gasteiger partial charge on any atom is 0.222 e. The first kappa shape index (κ1) is 17.4. The molecule has 0 saturated heterocycles. The summed E-state index contributed by atoms with van der Waals surface area (Å²) in [5.41, 5.74) is 3.32. The van der Waals surface area contributed by atoms with Gasteiger partial charge in [-0.05, 0) is 30.5 Å². The van der Waals surface area contributed by atoms with E-state index < -0.39 is 5.79 Å². The fourth-order valence-corrected chi connectivity index (χ4v) is 4.63. The quantitative estimate of drug-likeness (QED) is 0.816. The van der Waals surface area contributed by atoms with Crippen LogP contribution in [-0.2, 0) is 20.7 Å². The van der Waals surface area contributed by atoms with Gasteiger partial charge in [0, 0.05) is 23.7 Å². The highest BCUT2D eigenvalue weighted by atomic mass is 16.7. The molecule has 0 amide bonds. The summed E-state index contributed by atoms with van der Waals surface area (Å²) < 4.78 is 23.8. The van der Waals surface area contributed by atoms with Crippen LogP contribution >= 0.6 is 0 Å². The molecule has 1 aliphatic heterocycles. The van der Waals surface area contributed by atoms with E-state index in [4.69, 9.17) is 18.9 Å². The summed E-state index contributed by atoms with van der Waals surface area (Å²) in [6.07, 6.45) is 4.71. The molecule has 1 heterocycles. The summed E-state index contributed by atoms with van der Waals surface area (Å²) >= 11 is 0. The van der Waals surface area contributed by atoms with Gasteiger partial charge < -0.3 is 18.9 Å². The fraction of sp³-hybridized carbons (Fsp3) is 0.455. The molecule has 4 rings (SSSR count). The number of benzene rings is 2. The molecule has 0 bridgehead atoms. The van der Waals surface area contributed by atoms with Crippen molar-refractivity contribution >= 4 is 0 Å². The Labute approximate surface area is 155 Å². The number of ether oxygens (including phenoxy) is 4. The molecule has 2 aromatic carbocycles. The van der Waals surface area contributed by atoms with Crippen LogP contribution in [0, 0.1) is 0 Å². The van der Waals surface area contributed by atoms with Gasteiger partial charge in [0.15, 0.2) is 11.5 Å². The number of hydrogen-bond acceptors (Lipinski definition) is 4. The number of hydrogen-bond donors (Lipinski definition) is 0. The highest BCUT2D eigenvalue weighted by Crippen LogP contribution is 2.54. The first-order chi connectivity index (χ1) is 12.7. The van der Waals surface area contributed by atoms with Gasteiger partial charge >= 0.3 is 0 Å². The molecular weight excluding hydrogens is 328 g/mol. The summed E-state index contributed by atoms with van der Waals surface area (Å²) in [5.74, 6) is 0.531. The monoisotopic (exact) mass is 354 g/mol. The second-order valence-corrected chi connectivity index (χ2v) is 7.22. The zero-order valence-corrected chi connectivity index (χ0v) is 15.7. The van der Waals surface area contributed by atoms with Gasteiger partial charge in [-0.3, -0.25) is 0 Å². The molecule has 1 aliphatic carbocycles. The topological polar surface area (TPSA) is 36.9 Å². The minimum atomic E-state index is -0.927. The van der Waals surface area contributed by atoms with E-state index in [9.17, 15) is 0 Å². The minimum Gasteiger partial charge on any atom is -0.493 e. The van der Waals surface area contributed by atoms with Crippen LogP contribution in [0.15, 0.2) is 42.5 Å². The lowest BCUT2D eigenvalue weighted by molar-refractivity contribution is -0.221. The molecule has 4 nitrogen and oxygen atoms in total. The average molecular weight is 354 g/mol. The van der Waals surface area contributed by atoms with Crippen molar-refractivity contribution in [2.45, 2.75) is 36.9 Å². The van der Waals surface area contributed by atoms with E-state index in [2.05, 4.69) is 18.2 Å². The Bertz CT molecular complexity index is 780. The van der Waals surface area contributed by atoms with Crippen LogP contribution in [0.2, 0.25) is 0 Å². The standard InChI is InChI=1S/C22H26O4/c1-23-19-13-17-18(14-20(19)24-2)22(25-3,16-9-5-4-6-10-16)26-15-21(17)11-7-8-12-21/h4-6,9-10,13-14H,7-8,11-12,15H2,1-3H3. The first-order valence-corrected chi connectivity index (χ1v) is 9.21. The Hall–Kier alpha value is -2.04. The minimum absolute atomic E-state index is 0.0334. The van der Waals surface area contributed by atoms with E-state index in [0.29, 0.717) is 12.4 Å². The van der Waals surface area contributed by atoms with E-state index >= 15 is 0 Å². The van der Waals surface area contributed by atoms with Crippen molar-refractivity contribution in [2.75, 3.05) is 27.9 Å². The van der Waals surface area contributed by atoms with Crippen molar-refractivity contribution in [1.82, 2.24) is 0 Å². The number of fused-ring (bicyclic) bond motifs is 2. The number of methoxy groups -OCH3 is 3. The lowest BCUT2D eigenvalue weighted by Gasteiger charge is -2.46. The molecule has 1 fully saturated rings. The van der Waals surface area contributed by atoms with Crippen LogP contribution in [0.4, 0.5) is 0 Å². The zero-order valence-electron chi connectivity index (χ0n) is 15.7. The second kappa shape index (κ2) is 6.60. The Morgan fingerprint density at radius 2 is 1.46 bits per heavy atom. The van der Waals surface area contributed by atoms with Crippen LogP contribution in [0.25, 0.3) is 0 Å². The Balaban J connectivity index is 1.98. The largest absolute Gasteiger partial charge is 0.493 e. The van der Waals surface area contributed by atoms with Gasteiger partial charge in [0.2, 0.25) is 5.79 Å². The first-order valence-electron chi connectivity index (χ1n) is 9.21. The van der Waals surface area contributed by atoms with Crippen LogP contribution < -0.4 is 9.47 Å². The molecule has 2 aromatic rings.